The minimum absolute atomic E-state index is 0.0322. The van der Waals surface area contributed by atoms with Crippen LogP contribution in [0.5, 0.6) is 11.5 Å². The highest BCUT2D eigenvalue weighted by Crippen LogP contribution is 2.29. The van der Waals surface area contributed by atoms with Crippen molar-refractivity contribution >= 4 is 15.9 Å². The number of hydrogen-bond donors (Lipinski definition) is 1. The third-order valence-electron chi connectivity index (χ3n) is 3.90. The Morgan fingerprint density at radius 1 is 1.11 bits per heavy atom. The second kappa shape index (κ2) is 8.98. The van der Waals surface area contributed by atoms with Gasteiger partial charge in [0.15, 0.2) is 11.5 Å². The van der Waals surface area contributed by atoms with E-state index in [-0.39, 0.29) is 35.3 Å². The number of nitrogens with zero attached hydrogens (tertiary/aromatic N) is 1. The molecule has 0 atom stereocenters. The van der Waals surface area contributed by atoms with Crippen molar-refractivity contribution in [2.75, 3.05) is 14.2 Å². The van der Waals surface area contributed by atoms with E-state index in [1.54, 1.807) is 13.1 Å². The number of alkyl halides is 2. The first-order valence-electron chi connectivity index (χ1n) is 8.07. The number of hydrogen-bond acceptors (Lipinski definition) is 5. The fraction of sp³-hybridized carbons (Fsp3) is 0.278. The van der Waals surface area contributed by atoms with Crippen molar-refractivity contribution in [2.24, 2.45) is 5.14 Å². The summed E-state index contributed by atoms with van der Waals surface area (Å²) in [5, 5.41) is 5.04. The average molecular weight is 414 g/mol. The van der Waals surface area contributed by atoms with Gasteiger partial charge >= 0.3 is 6.61 Å². The molecule has 0 spiro atoms. The van der Waals surface area contributed by atoms with Crippen LogP contribution in [0.15, 0.2) is 47.4 Å². The summed E-state index contributed by atoms with van der Waals surface area (Å²) in [5.41, 5.74) is 1.29. The van der Waals surface area contributed by atoms with Gasteiger partial charge in [-0.3, -0.25) is 4.79 Å². The molecule has 1 amide bonds. The first-order chi connectivity index (χ1) is 13.1. The Kier molecular flexibility index (Phi) is 6.92. The maximum Gasteiger partial charge on any atom is 0.387 e. The molecule has 2 aromatic rings. The zero-order valence-corrected chi connectivity index (χ0v) is 16.1. The van der Waals surface area contributed by atoms with Gasteiger partial charge in [-0.05, 0) is 35.4 Å². The summed E-state index contributed by atoms with van der Waals surface area (Å²) in [6.45, 7) is -2.75. The number of nitrogens with two attached hydrogens (primary N) is 1. The molecule has 0 saturated heterocycles. The maximum absolute atomic E-state index is 12.4. The van der Waals surface area contributed by atoms with Crippen molar-refractivity contribution in [3.05, 3.63) is 53.6 Å². The normalized spacial score (nSPS) is 11.4. The number of carbonyl (C=O) groups is 1. The molecule has 28 heavy (non-hydrogen) atoms. The number of rotatable bonds is 8. The second-order valence-electron chi connectivity index (χ2n) is 5.98. The molecule has 0 bridgehead atoms. The van der Waals surface area contributed by atoms with Gasteiger partial charge in [-0.15, -0.1) is 0 Å². The molecule has 2 aromatic carbocycles. The van der Waals surface area contributed by atoms with E-state index in [1.807, 2.05) is 0 Å². The molecule has 2 N–H and O–H groups in total. The molecule has 0 aliphatic carbocycles. The standard InChI is InChI=1S/C18H20F2N2O5S/c1-22(11-13-5-8-15(27-18(19)20)16(9-13)26-2)17(23)10-12-3-6-14(7-4-12)28(21,24)25/h3-9,18H,10-11H2,1-2H3,(H2,21,24,25). The Hall–Kier alpha value is -2.72. The number of primary sulfonamides is 1. The molecule has 0 saturated carbocycles. The lowest BCUT2D eigenvalue weighted by Crippen LogP contribution is -2.27. The van der Waals surface area contributed by atoms with E-state index in [0.717, 1.165) is 0 Å². The monoisotopic (exact) mass is 414 g/mol. The summed E-state index contributed by atoms with van der Waals surface area (Å²) in [6.07, 6.45) is 0.0606. The summed E-state index contributed by atoms with van der Waals surface area (Å²) >= 11 is 0. The maximum atomic E-state index is 12.4. The largest absolute Gasteiger partial charge is 0.493 e. The van der Waals surface area contributed by atoms with Crippen LogP contribution in [-0.4, -0.2) is 40.0 Å². The summed E-state index contributed by atoms with van der Waals surface area (Å²) in [7, 11) is -0.862. The number of likely N-dealkylation sites (N-methyl/N-ethyl adjacent to an activating group) is 1. The average Bonchev–Trinajstić information content (AvgIpc) is 2.62. The first-order valence-corrected chi connectivity index (χ1v) is 9.62. The van der Waals surface area contributed by atoms with Gasteiger partial charge in [0.05, 0.1) is 18.4 Å². The van der Waals surface area contributed by atoms with E-state index < -0.39 is 16.6 Å². The SMILES string of the molecule is COc1cc(CN(C)C(=O)Cc2ccc(S(N)(=O)=O)cc2)ccc1OC(F)F. The Morgan fingerprint density at radius 2 is 1.71 bits per heavy atom. The minimum atomic E-state index is -3.79. The first kappa shape index (κ1) is 21.6. The molecule has 0 heterocycles. The number of sulfonamides is 1. The third kappa shape index (κ3) is 5.89. The van der Waals surface area contributed by atoms with Crippen molar-refractivity contribution in [2.45, 2.75) is 24.5 Å². The van der Waals surface area contributed by atoms with Gasteiger partial charge < -0.3 is 14.4 Å². The van der Waals surface area contributed by atoms with Gasteiger partial charge in [0.25, 0.3) is 0 Å². The van der Waals surface area contributed by atoms with Crippen LogP contribution in [0.3, 0.4) is 0 Å². The van der Waals surface area contributed by atoms with Crippen molar-refractivity contribution < 1.29 is 31.5 Å². The molecule has 2 rings (SSSR count). The van der Waals surface area contributed by atoms with Crippen LogP contribution < -0.4 is 14.6 Å². The Bertz CT molecular complexity index is 933. The molecule has 0 aromatic heterocycles. The predicted octanol–water partition coefficient (Wildman–Crippen LogP) is 2.15. The number of carbonyl (C=O) groups excluding carboxylic acids is 1. The Morgan fingerprint density at radius 3 is 2.25 bits per heavy atom. The van der Waals surface area contributed by atoms with Crippen molar-refractivity contribution in [3.8, 4) is 11.5 Å². The highest BCUT2D eigenvalue weighted by atomic mass is 32.2. The molecule has 0 unspecified atom stereocenters. The van der Waals surface area contributed by atoms with Crippen molar-refractivity contribution in [1.29, 1.82) is 0 Å². The third-order valence-corrected chi connectivity index (χ3v) is 4.83. The molecule has 7 nitrogen and oxygen atoms in total. The van der Waals surface area contributed by atoms with Crippen LogP contribution in [0.1, 0.15) is 11.1 Å². The van der Waals surface area contributed by atoms with Gasteiger partial charge in [-0.25, -0.2) is 13.6 Å². The molecule has 152 valence electrons. The summed E-state index contributed by atoms with van der Waals surface area (Å²) < 4.78 is 56.7. The van der Waals surface area contributed by atoms with E-state index in [9.17, 15) is 22.0 Å². The van der Waals surface area contributed by atoms with Crippen LogP contribution in [0.25, 0.3) is 0 Å². The molecule has 0 aliphatic heterocycles. The van der Waals surface area contributed by atoms with E-state index in [4.69, 9.17) is 9.88 Å². The summed E-state index contributed by atoms with van der Waals surface area (Å²) in [6, 6.07) is 10.1. The number of methoxy groups -OCH3 is 1. The lowest BCUT2D eigenvalue weighted by Gasteiger charge is -2.18. The highest BCUT2D eigenvalue weighted by molar-refractivity contribution is 7.89. The Balaban J connectivity index is 2.04. The fourth-order valence-electron chi connectivity index (χ4n) is 2.47. The van der Waals surface area contributed by atoms with Crippen LogP contribution in [0.2, 0.25) is 0 Å². The van der Waals surface area contributed by atoms with Gasteiger partial charge in [0.1, 0.15) is 0 Å². The van der Waals surface area contributed by atoms with Crippen molar-refractivity contribution in [3.63, 3.8) is 0 Å². The topological polar surface area (TPSA) is 98.9 Å². The van der Waals surface area contributed by atoms with E-state index in [2.05, 4.69) is 4.74 Å². The van der Waals surface area contributed by atoms with Crippen LogP contribution in [0.4, 0.5) is 8.78 Å². The molecular formula is C18H20F2N2O5S. The quantitative estimate of drug-likeness (QED) is 0.714. The molecule has 0 fully saturated rings. The van der Waals surface area contributed by atoms with Crippen molar-refractivity contribution in [1.82, 2.24) is 4.90 Å². The minimum Gasteiger partial charge on any atom is -0.493 e. The molecule has 0 aliphatic rings. The Labute approximate surface area is 161 Å². The summed E-state index contributed by atoms with van der Waals surface area (Å²) in [4.78, 5) is 13.8. The molecular weight excluding hydrogens is 394 g/mol. The van der Waals surface area contributed by atoms with Gasteiger partial charge in [-0.1, -0.05) is 18.2 Å². The fourth-order valence-corrected chi connectivity index (χ4v) is 2.99. The number of benzene rings is 2. The predicted molar refractivity (Wildman–Crippen MR) is 97.6 cm³/mol. The van der Waals surface area contributed by atoms with Crippen LogP contribution in [-0.2, 0) is 27.8 Å². The van der Waals surface area contributed by atoms with E-state index >= 15 is 0 Å². The van der Waals surface area contributed by atoms with E-state index in [1.165, 1.54) is 48.4 Å². The lowest BCUT2D eigenvalue weighted by atomic mass is 10.1. The smallest absolute Gasteiger partial charge is 0.387 e. The number of ether oxygens (including phenoxy) is 2. The van der Waals surface area contributed by atoms with Gasteiger partial charge in [0.2, 0.25) is 15.9 Å². The van der Waals surface area contributed by atoms with Gasteiger partial charge in [0, 0.05) is 13.6 Å². The molecule has 10 heteroatoms. The zero-order valence-electron chi connectivity index (χ0n) is 15.3. The van der Waals surface area contributed by atoms with Crippen LogP contribution in [0, 0.1) is 0 Å². The van der Waals surface area contributed by atoms with E-state index in [0.29, 0.717) is 11.1 Å². The van der Waals surface area contributed by atoms with Crippen LogP contribution >= 0.6 is 0 Å². The zero-order chi connectivity index (χ0) is 20.9. The second-order valence-corrected chi connectivity index (χ2v) is 7.54. The lowest BCUT2D eigenvalue weighted by molar-refractivity contribution is -0.129. The number of halogens is 2. The molecule has 0 radical (unpaired) electrons. The summed E-state index contributed by atoms with van der Waals surface area (Å²) in [5.74, 6) is -0.169. The van der Waals surface area contributed by atoms with Gasteiger partial charge in [-0.2, -0.15) is 8.78 Å². The number of amides is 1. The highest BCUT2D eigenvalue weighted by Gasteiger charge is 2.15.